The molecule has 1 N–H and O–H groups in total. The van der Waals surface area contributed by atoms with Gasteiger partial charge in [0.05, 0.1) is 5.92 Å². The third-order valence-corrected chi connectivity index (χ3v) is 6.01. The van der Waals surface area contributed by atoms with Gasteiger partial charge in [-0.25, -0.2) is 0 Å². The van der Waals surface area contributed by atoms with Gasteiger partial charge in [0.2, 0.25) is 16.9 Å². The smallest absolute Gasteiger partial charge is 0.231 e. The first-order valence-electron chi connectivity index (χ1n) is 7.82. The van der Waals surface area contributed by atoms with Crippen molar-refractivity contribution in [3.8, 4) is 0 Å². The quantitative estimate of drug-likeness (QED) is 0.648. The third-order valence-electron chi connectivity index (χ3n) is 3.82. The van der Waals surface area contributed by atoms with E-state index < -0.39 is 0 Å². The maximum Gasteiger partial charge on any atom is 0.231 e. The Bertz CT molecular complexity index is 582. The molecular weight excluding hydrogens is 332 g/mol. The van der Waals surface area contributed by atoms with Crippen molar-refractivity contribution in [3.05, 3.63) is 0 Å². The van der Waals surface area contributed by atoms with E-state index in [0.717, 1.165) is 10.8 Å². The fraction of sp³-hybridized carbons (Fsp3) is 0.733. The van der Waals surface area contributed by atoms with Crippen molar-refractivity contribution in [3.63, 3.8) is 0 Å². The Balaban J connectivity index is 1.94. The van der Waals surface area contributed by atoms with Crippen molar-refractivity contribution in [2.24, 2.45) is 5.92 Å². The maximum absolute atomic E-state index is 12.4. The average Bonchev–Trinajstić information content (AvgIpc) is 3.04. The lowest BCUT2D eigenvalue weighted by Crippen LogP contribution is -2.42. The minimum absolute atomic E-state index is 0.0305. The van der Waals surface area contributed by atoms with Gasteiger partial charge in [-0.3, -0.25) is 9.59 Å². The van der Waals surface area contributed by atoms with E-state index in [-0.39, 0.29) is 29.7 Å². The molecule has 0 aliphatic carbocycles. The maximum atomic E-state index is 12.4. The van der Waals surface area contributed by atoms with Crippen molar-refractivity contribution in [1.82, 2.24) is 15.1 Å². The van der Waals surface area contributed by atoms with Crippen LogP contribution in [-0.4, -0.2) is 44.2 Å². The normalized spacial score (nSPS) is 20.0. The molecular formula is C15H24N4O2S2. The lowest BCUT2D eigenvalue weighted by Gasteiger charge is -2.31. The van der Waals surface area contributed by atoms with E-state index in [9.17, 15) is 9.59 Å². The molecule has 2 heterocycles. The SMILES string of the molecule is CCC(C)Sc1nnc(NC(=O)C2CC(=O)N(C(C)(C)C)C2)s1. The van der Waals surface area contributed by atoms with Crippen LogP contribution in [0.25, 0.3) is 0 Å². The van der Waals surface area contributed by atoms with Crippen LogP contribution in [0.3, 0.4) is 0 Å². The van der Waals surface area contributed by atoms with E-state index in [4.69, 9.17) is 0 Å². The summed E-state index contributed by atoms with van der Waals surface area (Å²) in [6, 6.07) is 0. The monoisotopic (exact) mass is 356 g/mol. The number of rotatable bonds is 5. The molecule has 0 saturated carbocycles. The number of hydrogen-bond acceptors (Lipinski definition) is 6. The number of nitrogens with one attached hydrogen (secondary N) is 1. The summed E-state index contributed by atoms with van der Waals surface area (Å²) in [6.07, 6.45) is 1.31. The first-order chi connectivity index (χ1) is 10.7. The van der Waals surface area contributed by atoms with Crippen LogP contribution < -0.4 is 5.32 Å². The van der Waals surface area contributed by atoms with Crippen molar-refractivity contribution < 1.29 is 9.59 Å². The number of amides is 2. The molecule has 1 fully saturated rings. The molecule has 2 atom stereocenters. The molecule has 6 nitrogen and oxygen atoms in total. The van der Waals surface area contributed by atoms with Crippen LogP contribution in [-0.2, 0) is 9.59 Å². The van der Waals surface area contributed by atoms with Crippen LogP contribution in [0.1, 0.15) is 47.5 Å². The molecule has 2 rings (SSSR count). The highest BCUT2D eigenvalue weighted by atomic mass is 32.2. The summed E-state index contributed by atoms with van der Waals surface area (Å²) in [5.74, 6) is -0.444. The highest BCUT2D eigenvalue weighted by Crippen LogP contribution is 2.31. The molecule has 1 aliphatic rings. The molecule has 2 unspecified atom stereocenters. The minimum Gasteiger partial charge on any atom is -0.337 e. The van der Waals surface area contributed by atoms with E-state index in [2.05, 4.69) is 29.4 Å². The zero-order valence-corrected chi connectivity index (χ0v) is 15.9. The van der Waals surface area contributed by atoms with Crippen LogP contribution >= 0.6 is 23.1 Å². The van der Waals surface area contributed by atoms with E-state index in [1.165, 1.54) is 11.3 Å². The molecule has 0 spiro atoms. The Morgan fingerprint density at radius 2 is 2.17 bits per heavy atom. The number of nitrogens with zero attached hydrogens (tertiary/aromatic N) is 3. The third kappa shape index (κ3) is 4.67. The number of hydrogen-bond donors (Lipinski definition) is 1. The van der Waals surface area contributed by atoms with E-state index in [1.807, 2.05) is 20.8 Å². The van der Waals surface area contributed by atoms with Gasteiger partial charge in [0.15, 0.2) is 4.34 Å². The molecule has 2 amide bonds. The van der Waals surface area contributed by atoms with Gasteiger partial charge >= 0.3 is 0 Å². The summed E-state index contributed by atoms with van der Waals surface area (Å²) in [6.45, 7) is 10.7. The summed E-state index contributed by atoms with van der Waals surface area (Å²) in [4.78, 5) is 26.2. The second kappa shape index (κ2) is 7.17. The lowest BCUT2D eigenvalue weighted by molar-refractivity contribution is -0.131. The second-order valence-corrected chi connectivity index (χ2v) is 9.44. The standard InChI is InChI=1S/C15H24N4O2S2/c1-6-9(2)22-14-18-17-13(23-14)16-12(21)10-7-11(20)19(8-10)15(3,4)5/h9-10H,6-8H2,1-5H3,(H,16,17,21). The molecule has 1 aromatic rings. The van der Waals surface area contributed by atoms with Gasteiger partial charge in [0.25, 0.3) is 0 Å². The predicted octanol–water partition coefficient (Wildman–Crippen LogP) is 3.01. The van der Waals surface area contributed by atoms with Gasteiger partial charge < -0.3 is 10.2 Å². The first-order valence-corrected chi connectivity index (χ1v) is 9.51. The highest BCUT2D eigenvalue weighted by molar-refractivity contribution is 8.01. The Morgan fingerprint density at radius 1 is 1.48 bits per heavy atom. The topological polar surface area (TPSA) is 75.2 Å². The number of anilines is 1. The Morgan fingerprint density at radius 3 is 2.74 bits per heavy atom. The van der Waals surface area contributed by atoms with Crippen molar-refractivity contribution >= 4 is 40.0 Å². The fourth-order valence-electron chi connectivity index (χ4n) is 2.30. The summed E-state index contributed by atoms with van der Waals surface area (Å²) in [5.41, 5.74) is -0.255. The highest BCUT2D eigenvalue weighted by Gasteiger charge is 2.39. The van der Waals surface area contributed by atoms with Crippen LogP contribution in [0, 0.1) is 5.92 Å². The van der Waals surface area contributed by atoms with Crippen molar-refractivity contribution in [2.75, 3.05) is 11.9 Å². The van der Waals surface area contributed by atoms with Gasteiger partial charge in [-0.15, -0.1) is 10.2 Å². The van der Waals surface area contributed by atoms with E-state index >= 15 is 0 Å². The Kier molecular flexibility index (Phi) is 5.67. The summed E-state index contributed by atoms with van der Waals surface area (Å²) in [5, 5.41) is 11.9. The first kappa shape index (κ1) is 18.2. The molecule has 0 aromatic carbocycles. The fourth-order valence-corrected chi connectivity index (χ4v) is 4.30. The van der Waals surface area contributed by atoms with Gasteiger partial charge in [0.1, 0.15) is 0 Å². The average molecular weight is 357 g/mol. The summed E-state index contributed by atoms with van der Waals surface area (Å²) >= 11 is 3.04. The van der Waals surface area contributed by atoms with Crippen LogP contribution in [0.2, 0.25) is 0 Å². The Hall–Kier alpha value is -1.15. The zero-order valence-electron chi connectivity index (χ0n) is 14.3. The zero-order chi connectivity index (χ0) is 17.2. The van der Waals surface area contributed by atoms with Gasteiger partial charge in [-0.1, -0.05) is 36.9 Å². The second-order valence-electron chi connectivity index (χ2n) is 6.78. The number of carbonyl (C=O) groups excluding carboxylic acids is 2. The number of thioether (sulfide) groups is 1. The van der Waals surface area contributed by atoms with Crippen molar-refractivity contribution in [1.29, 1.82) is 0 Å². The number of carbonyl (C=O) groups is 2. The van der Waals surface area contributed by atoms with Gasteiger partial charge in [0, 0.05) is 23.8 Å². The number of aromatic nitrogens is 2. The summed E-state index contributed by atoms with van der Waals surface area (Å²) in [7, 11) is 0. The van der Waals surface area contributed by atoms with Crippen LogP contribution in [0.4, 0.5) is 5.13 Å². The summed E-state index contributed by atoms with van der Waals surface area (Å²) < 4.78 is 0.855. The van der Waals surface area contributed by atoms with Gasteiger partial charge in [-0.2, -0.15) is 0 Å². The molecule has 23 heavy (non-hydrogen) atoms. The lowest BCUT2D eigenvalue weighted by atomic mass is 10.1. The van der Waals surface area contributed by atoms with E-state index in [1.54, 1.807) is 16.7 Å². The molecule has 1 aromatic heterocycles. The molecule has 128 valence electrons. The minimum atomic E-state index is -0.323. The Labute approximate surface area is 145 Å². The molecule has 1 saturated heterocycles. The largest absolute Gasteiger partial charge is 0.337 e. The number of likely N-dealkylation sites (tertiary alicyclic amines) is 1. The van der Waals surface area contributed by atoms with Crippen LogP contribution in [0.15, 0.2) is 4.34 Å². The van der Waals surface area contributed by atoms with Crippen LogP contribution in [0.5, 0.6) is 0 Å². The predicted molar refractivity (Wildman–Crippen MR) is 93.7 cm³/mol. The molecule has 0 radical (unpaired) electrons. The molecule has 8 heteroatoms. The van der Waals surface area contributed by atoms with E-state index in [0.29, 0.717) is 16.9 Å². The van der Waals surface area contributed by atoms with Crippen molar-refractivity contribution in [2.45, 2.75) is 62.6 Å². The van der Waals surface area contributed by atoms with Gasteiger partial charge in [-0.05, 0) is 27.2 Å². The molecule has 1 aliphatic heterocycles. The molecule has 0 bridgehead atoms.